The van der Waals surface area contributed by atoms with Crippen molar-refractivity contribution in [2.75, 3.05) is 30.7 Å². The summed E-state index contributed by atoms with van der Waals surface area (Å²) in [6, 6.07) is 12.2. The van der Waals surface area contributed by atoms with Gasteiger partial charge in [0.15, 0.2) is 5.75 Å². The van der Waals surface area contributed by atoms with Gasteiger partial charge in [0.25, 0.3) is 0 Å². The summed E-state index contributed by atoms with van der Waals surface area (Å²) in [5.41, 5.74) is 2.68. The molecular weight excluding hydrogens is 446 g/mol. The van der Waals surface area contributed by atoms with Crippen LogP contribution in [0.25, 0.3) is 10.9 Å². The Balaban J connectivity index is 1.51. The van der Waals surface area contributed by atoms with Gasteiger partial charge in [-0.25, -0.2) is 8.42 Å². The zero-order valence-electron chi connectivity index (χ0n) is 18.8. The normalized spacial score (nSPS) is 12.5. The first-order valence-electron chi connectivity index (χ1n) is 10.6. The molecule has 0 unspecified atom stereocenters. The Morgan fingerprint density at radius 1 is 1.21 bits per heavy atom. The highest BCUT2D eigenvalue weighted by Crippen LogP contribution is 2.33. The van der Waals surface area contributed by atoms with E-state index in [1.54, 1.807) is 24.3 Å². The van der Waals surface area contributed by atoms with Gasteiger partial charge in [0.2, 0.25) is 10.0 Å². The average Bonchev–Trinajstić information content (AvgIpc) is 3.08. The number of nitrogens with one attached hydrogen (secondary N) is 3. The maximum absolute atomic E-state index is 11.4. The van der Waals surface area contributed by atoms with Crippen LogP contribution in [0.2, 0.25) is 0 Å². The Morgan fingerprint density at radius 3 is 2.70 bits per heavy atom. The maximum atomic E-state index is 11.4. The molecule has 2 aromatic carbocycles. The van der Waals surface area contributed by atoms with E-state index in [-0.39, 0.29) is 12.5 Å². The number of rotatable bonds is 11. The van der Waals surface area contributed by atoms with Crippen molar-refractivity contribution in [2.45, 2.75) is 26.4 Å². The predicted octanol–water partition coefficient (Wildman–Crippen LogP) is 2.73. The van der Waals surface area contributed by atoms with Crippen LogP contribution in [-0.4, -0.2) is 50.4 Å². The monoisotopic (exact) mass is 475 g/mol. The van der Waals surface area contributed by atoms with Crippen LogP contribution in [0, 0.1) is 0 Å². The number of sulfonamides is 1. The number of esters is 1. The second-order valence-electron chi connectivity index (χ2n) is 7.66. The zero-order valence-corrected chi connectivity index (χ0v) is 19.7. The fourth-order valence-electron chi connectivity index (χ4n) is 3.43. The molecule has 0 bridgehead atoms. The van der Waals surface area contributed by atoms with Gasteiger partial charge < -0.3 is 24.9 Å². The van der Waals surface area contributed by atoms with E-state index in [1.807, 2.05) is 25.1 Å². The lowest BCUT2D eigenvalue weighted by Crippen LogP contribution is -2.26. The molecule has 0 saturated carbocycles. The van der Waals surface area contributed by atoms with Crippen molar-refractivity contribution in [3.63, 3.8) is 0 Å². The Morgan fingerprint density at radius 2 is 2.00 bits per heavy atom. The van der Waals surface area contributed by atoms with Gasteiger partial charge in [-0.2, -0.15) is 0 Å². The number of carbonyl (C=O) groups is 1. The second-order valence-corrected chi connectivity index (χ2v) is 9.40. The van der Waals surface area contributed by atoms with E-state index in [2.05, 4.69) is 15.0 Å². The maximum Gasteiger partial charge on any atom is 0.308 e. The Labute approximate surface area is 193 Å². The van der Waals surface area contributed by atoms with Crippen molar-refractivity contribution >= 4 is 32.6 Å². The van der Waals surface area contributed by atoms with E-state index in [1.165, 1.54) is 6.92 Å². The van der Waals surface area contributed by atoms with Crippen LogP contribution >= 0.6 is 0 Å². The number of H-pyrrole nitrogens is 1. The number of ether oxygens (including phenoxy) is 2. The van der Waals surface area contributed by atoms with Gasteiger partial charge in [-0.1, -0.05) is 19.1 Å². The molecule has 0 radical (unpaired) electrons. The number of aryl methyl sites for hydroxylation is 1. The van der Waals surface area contributed by atoms with Gasteiger partial charge >= 0.3 is 5.97 Å². The number of fused-ring (bicyclic) bond motifs is 1. The molecule has 1 atom stereocenters. The van der Waals surface area contributed by atoms with Gasteiger partial charge in [-0.15, -0.1) is 0 Å². The third kappa shape index (κ3) is 6.95. The molecule has 0 fully saturated rings. The van der Waals surface area contributed by atoms with Crippen LogP contribution in [0.5, 0.6) is 11.5 Å². The first-order chi connectivity index (χ1) is 15.7. The van der Waals surface area contributed by atoms with E-state index in [9.17, 15) is 18.3 Å². The highest BCUT2D eigenvalue weighted by molar-refractivity contribution is 7.92. The van der Waals surface area contributed by atoms with Crippen LogP contribution in [-0.2, 0) is 21.2 Å². The highest BCUT2D eigenvalue weighted by Gasteiger charge is 2.14. The summed E-state index contributed by atoms with van der Waals surface area (Å²) < 4.78 is 36.3. The lowest BCUT2D eigenvalue weighted by molar-refractivity contribution is -0.131. The summed E-state index contributed by atoms with van der Waals surface area (Å²) in [5.74, 6) is 0.860. The summed E-state index contributed by atoms with van der Waals surface area (Å²) >= 11 is 0. The Kier molecular flexibility index (Phi) is 7.96. The molecule has 0 amide bonds. The van der Waals surface area contributed by atoms with Gasteiger partial charge in [0, 0.05) is 37.2 Å². The van der Waals surface area contributed by atoms with Gasteiger partial charge in [-0.05, 0) is 36.2 Å². The molecule has 33 heavy (non-hydrogen) atoms. The van der Waals surface area contributed by atoms with Gasteiger partial charge in [0.05, 0.1) is 23.6 Å². The Bertz CT molecular complexity index is 1220. The smallest absolute Gasteiger partial charge is 0.308 e. The molecule has 3 aromatic rings. The minimum absolute atomic E-state index is 0.285. The third-order valence-corrected chi connectivity index (χ3v) is 5.46. The number of hydrogen-bond acceptors (Lipinski definition) is 7. The summed E-state index contributed by atoms with van der Waals surface area (Å²) in [6.07, 6.45) is 0.980. The van der Waals surface area contributed by atoms with Crippen molar-refractivity contribution in [3.05, 3.63) is 53.7 Å². The molecule has 1 heterocycles. The van der Waals surface area contributed by atoms with Gasteiger partial charge in [-0.3, -0.25) is 9.52 Å². The van der Waals surface area contributed by atoms with Crippen molar-refractivity contribution in [1.82, 2.24) is 10.3 Å². The summed E-state index contributed by atoms with van der Waals surface area (Å²) in [7, 11) is -3.38. The van der Waals surface area contributed by atoms with E-state index in [4.69, 9.17) is 9.47 Å². The van der Waals surface area contributed by atoms with Crippen molar-refractivity contribution in [1.29, 1.82) is 0 Å². The molecule has 9 nitrogen and oxygen atoms in total. The van der Waals surface area contributed by atoms with Crippen molar-refractivity contribution in [3.8, 4) is 11.5 Å². The molecule has 1 aromatic heterocycles. The first-order valence-corrected chi connectivity index (χ1v) is 12.5. The lowest BCUT2D eigenvalue weighted by atomic mass is 10.1. The predicted molar refractivity (Wildman–Crippen MR) is 127 cm³/mol. The molecule has 178 valence electrons. The molecule has 0 spiro atoms. The number of hydrogen-bond donors (Lipinski definition) is 4. The second kappa shape index (κ2) is 10.7. The first kappa shape index (κ1) is 24.6. The molecular formula is C23H29N3O6S. The van der Waals surface area contributed by atoms with Crippen LogP contribution in [0.1, 0.15) is 31.2 Å². The molecule has 0 saturated heterocycles. The topological polar surface area (TPSA) is 130 Å². The summed E-state index contributed by atoms with van der Waals surface area (Å²) in [5, 5.41) is 14.3. The van der Waals surface area contributed by atoms with E-state index >= 15 is 0 Å². The van der Waals surface area contributed by atoms with Crippen molar-refractivity contribution in [2.24, 2.45) is 0 Å². The fraction of sp³-hybridized carbons (Fsp3) is 0.348. The average molecular weight is 476 g/mol. The van der Waals surface area contributed by atoms with Crippen LogP contribution < -0.4 is 19.5 Å². The zero-order chi connectivity index (χ0) is 24.0. The minimum atomic E-state index is -3.38. The number of carbonyl (C=O) groups excluding carboxylic acids is 1. The minimum Gasteiger partial charge on any atom is -0.492 e. The number of aromatic amines is 1. The number of aromatic nitrogens is 1. The Hall–Kier alpha value is -3.08. The fourth-order valence-corrected chi connectivity index (χ4v) is 3.98. The number of anilines is 1. The SMILES string of the molecule is CCc1[nH]c2cc(OCCNC[C@H](O)c3cccc(NS(C)(=O)=O)c3)ccc2c1OC(C)=O. The molecule has 10 heteroatoms. The van der Waals surface area contributed by atoms with E-state index < -0.39 is 16.1 Å². The quantitative estimate of drug-likeness (QED) is 0.248. The number of aliphatic hydroxyl groups excluding tert-OH is 1. The standard InChI is InChI=1S/C23H29N3O6S/c1-4-20-23(32-15(2)27)19-9-8-18(13-21(19)25-20)31-11-10-24-14-22(28)16-6-5-7-17(12-16)26-33(3,29)30/h5-9,12-13,22,24-26,28H,4,10-11,14H2,1-3H3/t22-/m0/s1. The molecule has 0 aliphatic carbocycles. The number of aliphatic hydroxyl groups is 1. The number of benzene rings is 2. The molecule has 0 aliphatic heterocycles. The largest absolute Gasteiger partial charge is 0.492 e. The third-order valence-electron chi connectivity index (χ3n) is 4.85. The van der Waals surface area contributed by atoms with Crippen LogP contribution in [0.15, 0.2) is 42.5 Å². The summed E-state index contributed by atoms with van der Waals surface area (Å²) in [4.78, 5) is 14.7. The lowest BCUT2D eigenvalue weighted by Gasteiger charge is -2.14. The van der Waals surface area contributed by atoms with Gasteiger partial charge in [0.1, 0.15) is 12.4 Å². The van der Waals surface area contributed by atoms with E-state index in [0.29, 0.717) is 42.3 Å². The van der Waals surface area contributed by atoms with E-state index in [0.717, 1.165) is 22.9 Å². The molecule has 4 N–H and O–H groups in total. The highest BCUT2D eigenvalue weighted by atomic mass is 32.2. The van der Waals surface area contributed by atoms with Crippen LogP contribution in [0.3, 0.4) is 0 Å². The molecule has 0 aliphatic rings. The summed E-state index contributed by atoms with van der Waals surface area (Å²) in [6.45, 7) is 4.52. The van der Waals surface area contributed by atoms with Crippen molar-refractivity contribution < 1.29 is 27.8 Å². The van der Waals surface area contributed by atoms with Crippen LogP contribution in [0.4, 0.5) is 5.69 Å². The molecule has 3 rings (SSSR count).